The van der Waals surface area contributed by atoms with Gasteiger partial charge in [0.15, 0.2) is 7.14 Å². The van der Waals surface area contributed by atoms with E-state index in [4.69, 9.17) is 28.3 Å². The number of rotatable bonds is 7. The number of pyridine rings is 1. The van der Waals surface area contributed by atoms with Crippen molar-refractivity contribution in [1.29, 1.82) is 0 Å². The van der Waals surface area contributed by atoms with Crippen LogP contribution in [-0.2, 0) is 4.57 Å². The second-order valence-corrected chi connectivity index (χ2v) is 13.3. The van der Waals surface area contributed by atoms with Crippen LogP contribution >= 0.6 is 7.14 Å². The average Bonchev–Trinajstić information content (AvgIpc) is 3.54. The number of hydrogen-bond acceptors (Lipinski definition) is 3. The average molecular weight is 698 g/mol. The van der Waals surface area contributed by atoms with Gasteiger partial charge in [-0.3, -0.25) is 0 Å². The maximum atomic E-state index is 16.6. The Balaban J connectivity index is 1.55. The molecule has 0 radical (unpaired) electrons. The zero-order chi connectivity index (χ0) is 56.0. The standard InChI is InChI=1S/C47H33N2OP/c50-51(39-22-9-3-10-23-39,40-24-11-4-12-25-40)41-26-15-17-35(32-41)47-44-30-28-34-16-13-14-27-42(34)46(44)43-31-29-38(33-45(43)48-47)49(36-18-5-1-6-19-36)37-20-7-2-8-21-37/h1-33H/i1D,3D,4D,5D,9D,10D,11D,12D,13D,14D,16D,18D,20D,22D,23D,24D,25D,26D,27D,28D,29D,30D,31D,32D,33D. The predicted octanol–water partition coefficient (Wildman–Crippen LogP) is 11.3. The van der Waals surface area contributed by atoms with Gasteiger partial charge in [-0.25, -0.2) is 4.98 Å². The topological polar surface area (TPSA) is 33.2 Å². The predicted molar refractivity (Wildman–Crippen MR) is 216 cm³/mol. The van der Waals surface area contributed by atoms with Gasteiger partial charge in [-0.1, -0.05) is 157 Å². The van der Waals surface area contributed by atoms with Crippen molar-refractivity contribution in [3.8, 4) is 11.3 Å². The quantitative estimate of drug-likeness (QED) is 0.123. The molecule has 0 aliphatic carbocycles. The van der Waals surface area contributed by atoms with Crippen LogP contribution in [0.3, 0.4) is 0 Å². The van der Waals surface area contributed by atoms with E-state index in [2.05, 4.69) is 0 Å². The molecular weight excluding hydrogens is 640 g/mol. The van der Waals surface area contributed by atoms with Gasteiger partial charge in [0, 0.05) is 54.7 Å². The molecule has 9 rings (SSSR count). The van der Waals surface area contributed by atoms with Crippen LogP contribution in [0.15, 0.2) is 200 Å². The molecule has 0 amide bonds. The van der Waals surface area contributed by atoms with E-state index in [9.17, 15) is 11.0 Å². The minimum atomic E-state index is -5.77. The Kier molecular flexibility index (Phi) is 3.57. The van der Waals surface area contributed by atoms with E-state index < -0.39 is 211 Å². The molecule has 8 aromatic carbocycles. The largest absolute Gasteiger partial charge is 0.310 e. The minimum Gasteiger partial charge on any atom is -0.310 e. The summed E-state index contributed by atoms with van der Waals surface area (Å²) in [6.45, 7) is 0. The van der Waals surface area contributed by atoms with Crippen molar-refractivity contribution in [3.63, 3.8) is 0 Å². The molecule has 0 saturated carbocycles. The number of benzene rings is 8. The lowest BCUT2D eigenvalue weighted by Gasteiger charge is -2.26. The first-order valence-corrected chi connectivity index (χ1v) is 16.8. The zero-order valence-electron chi connectivity index (χ0n) is 50.9. The number of nitrogens with zero attached hydrogens (tertiary/aromatic N) is 2. The van der Waals surface area contributed by atoms with Crippen LogP contribution in [0, 0.1) is 0 Å². The SMILES string of the molecule is [2H]c1ccccc1N(c1ccc([2H])c([2H])c1[2H])c1c([2H])c([2H])c2c(nc(-c3ccc([2H])c(P(=O)(c4c([2H])c([2H])c([2H])c([2H])c4[2H])c4c([2H])c([2H])c([2H])c([2H])c4[2H])c3[2H])c3c([2H])c([2H])c4c([2H])c([2H])c([2H])c([2H])c4c32)c1[2H]. The third-order valence-electron chi connectivity index (χ3n) is 7.87. The lowest BCUT2D eigenvalue weighted by atomic mass is 9.95. The molecule has 3 nitrogen and oxygen atoms in total. The van der Waals surface area contributed by atoms with Gasteiger partial charge in [-0.15, -0.1) is 0 Å². The molecule has 0 saturated heterocycles. The Hall–Kier alpha value is -6.28. The van der Waals surface area contributed by atoms with Crippen LogP contribution in [-0.4, -0.2) is 4.98 Å². The van der Waals surface area contributed by atoms with Crippen LogP contribution in [0.4, 0.5) is 17.1 Å². The van der Waals surface area contributed by atoms with E-state index in [0.717, 1.165) is 23.1 Å². The molecule has 0 fully saturated rings. The molecule has 1 aromatic heterocycles. The van der Waals surface area contributed by atoms with E-state index in [1.54, 1.807) is 0 Å². The summed E-state index contributed by atoms with van der Waals surface area (Å²) in [4.78, 5) is 5.77. The van der Waals surface area contributed by atoms with Crippen molar-refractivity contribution < 1.29 is 38.8 Å². The Morgan fingerprint density at radius 2 is 1.20 bits per heavy atom. The summed E-state index contributed by atoms with van der Waals surface area (Å²) in [5.74, 6) is 0. The lowest BCUT2D eigenvalue weighted by Crippen LogP contribution is -2.25. The molecule has 242 valence electrons. The van der Waals surface area contributed by atoms with Crippen molar-refractivity contribution in [2.45, 2.75) is 0 Å². The number of fused-ring (bicyclic) bond motifs is 5. The summed E-state index contributed by atoms with van der Waals surface area (Å²) >= 11 is 0. The highest BCUT2D eigenvalue weighted by Gasteiger charge is 2.30. The Morgan fingerprint density at radius 1 is 0.490 bits per heavy atom. The van der Waals surface area contributed by atoms with Gasteiger partial charge in [0.05, 0.1) is 45.5 Å². The molecule has 51 heavy (non-hydrogen) atoms. The number of hydrogen-bond donors (Lipinski definition) is 0. The second kappa shape index (κ2) is 12.9. The summed E-state index contributed by atoms with van der Waals surface area (Å²) in [5.41, 5.74) is -2.87. The van der Waals surface area contributed by atoms with Crippen LogP contribution in [0.5, 0.6) is 0 Å². The summed E-state index contributed by atoms with van der Waals surface area (Å²) in [7, 11) is -5.77. The van der Waals surface area contributed by atoms with Gasteiger partial charge in [0.1, 0.15) is 0 Å². The van der Waals surface area contributed by atoms with Gasteiger partial charge >= 0.3 is 0 Å². The van der Waals surface area contributed by atoms with Crippen molar-refractivity contribution in [3.05, 3.63) is 200 Å². The molecule has 1 heterocycles. The van der Waals surface area contributed by atoms with Gasteiger partial charge in [0.25, 0.3) is 0 Å². The third-order valence-corrected chi connectivity index (χ3v) is 10.4. The lowest BCUT2D eigenvalue weighted by molar-refractivity contribution is 0.592. The van der Waals surface area contributed by atoms with Crippen molar-refractivity contribution in [2.24, 2.45) is 0 Å². The van der Waals surface area contributed by atoms with E-state index in [1.165, 1.54) is 30.3 Å². The van der Waals surface area contributed by atoms with Crippen molar-refractivity contribution >= 4 is 72.6 Å². The van der Waals surface area contributed by atoms with Gasteiger partial charge in [-0.05, 0) is 53.1 Å². The second-order valence-electron chi connectivity index (χ2n) is 10.8. The smallest absolute Gasteiger partial charge is 0.171 e. The third kappa shape index (κ3) is 5.40. The molecule has 0 N–H and O–H groups in total. The fraction of sp³-hybridized carbons (Fsp3) is 0. The van der Waals surface area contributed by atoms with E-state index in [0.29, 0.717) is 0 Å². The van der Waals surface area contributed by atoms with E-state index in [1.807, 2.05) is 0 Å². The highest BCUT2D eigenvalue weighted by Crippen LogP contribution is 2.44. The molecular formula is C47H33N2OP. The molecule has 0 atom stereocenters. The van der Waals surface area contributed by atoms with Gasteiger partial charge < -0.3 is 9.46 Å². The van der Waals surface area contributed by atoms with E-state index >= 15 is 4.57 Å². The molecule has 0 aliphatic rings. The number of para-hydroxylation sites is 2. The fourth-order valence-corrected chi connectivity index (χ4v) is 7.70. The fourth-order valence-electron chi connectivity index (χ4n) is 5.64. The van der Waals surface area contributed by atoms with Crippen LogP contribution < -0.4 is 20.8 Å². The Morgan fingerprint density at radius 3 is 2.00 bits per heavy atom. The number of aromatic nitrogens is 1. The molecule has 4 heteroatoms. The van der Waals surface area contributed by atoms with Crippen molar-refractivity contribution in [2.75, 3.05) is 4.90 Å². The first-order chi connectivity index (χ1) is 35.6. The highest BCUT2D eigenvalue weighted by atomic mass is 31.2. The molecule has 0 unspecified atom stereocenters. The summed E-state index contributed by atoms with van der Waals surface area (Å²) < 4.78 is 240. The Labute approximate surface area is 332 Å². The normalized spacial score (nSPS) is 18.5. The monoisotopic (exact) mass is 697 g/mol. The summed E-state index contributed by atoms with van der Waals surface area (Å²) in [6.07, 6.45) is 0. The van der Waals surface area contributed by atoms with Crippen molar-refractivity contribution in [1.82, 2.24) is 4.98 Å². The minimum absolute atomic E-state index is 0.109. The molecule has 9 aromatic rings. The zero-order valence-corrected chi connectivity index (χ0v) is 26.8. The van der Waals surface area contributed by atoms with Gasteiger partial charge in [0.2, 0.25) is 0 Å². The first kappa shape index (κ1) is 14.2. The summed E-state index contributed by atoms with van der Waals surface area (Å²) in [6, 6.07) is -12.6. The van der Waals surface area contributed by atoms with Gasteiger partial charge in [-0.2, -0.15) is 0 Å². The van der Waals surface area contributed by atoms with Crippen LogP contribution in [0.2, 0.25) is 0 Å². The highest BCUT2D eigenvalue weighted by molar-refractivity contribution is 7.85. The maximum Gasteiger partial charge on any atom is 0.171 e. The molecule has 0 spiro atoms. The maximum absolute atomic E-state index is 16.6. The van der Waals surface area contributed by atoms with Crippen LogP contribution in [0.1, 0.15) is 34.3 Å². The van der Waals surface area contributed by atoms with Crippen LogP contribution in [0.25, 0.3) is 43.7 Å². The Bertz CT molecular complexity index is 4060. The molecule has 0 bridgehead atoms. The molecule has 0 aliphatic heterocycles. The van der Waals surface area contributed by atoms with E-state index in [-0.39, 0.29) is 23.5 Å². The first-order valence-electron chi connectivity index (χ1n) is 27.6. The summed E-state index contributed by atoms with van der Waals surface area (Å²) in [5, 5.41) is -6.12. The number of anilines is 3.